The summed E-state index contributed by atoms with van der Waals surface area (Å²) in [6.45, 7) is 8.63. The number of piperazine rings is 1. The van der Waals surface area contributed by atoms with Crippen molar-refractivity contribution in [1.82, 2.24) is 20.1 Å². The van der Waals surface area contributed by atoms with E-state index < -0.39 is 0 Å². The van der Waals surface area contributed by atoms with E-state index in [4.69, 9.17) is 0 Å². The molecule has 1 aromatic heterocycles. The van der Waals surface area contributed by atoms with E-state index in [0.29, 0.717) is 22.6 Å². The summed E-state index contributed by atoms with van der Waals surface area (Å²) in [5.41, 5.74) is 1.39. The van der Waals surface area contributed by atoms with E-state index in [1.165, 1.54) is 11.8 Å². The molecule has 1 saturated heterocycles. The first-order chi connectivity index (χ1) is 17.0. The topological polar surface area (TPSA) is 88.9 Å². The second-order valence-corrected chi connectivity index (χ2v) is 10.1. The van der Waals surface area contributed by atoms with Gasteiger partial charge in [-0.25, -0.2) is 0 Å². The number of nitrogens with one attached hydrogen (secondary N) is 1. The molecule has 1 atom stereocenters. The van der Waals surface area contributed by atoms with Crippen molar-refractivity contribution >= 4 is 28.4 Å². The van der Waals surface area contributed by atoms with Crippen molar-refractivity contribution in [2.75, 3.05) is 51.6 Å². The third kappa shape index (κ3) is 6.66. The number of phenolic OH excluding ortho intramolecular Hbond substituents is 2. The fourth-order valence-electron chi connectivity index (χ4n) is 4.44. The minimum absolute atomic E-state index is 0.0841. The second-order valence-electron chi connectivity index (χ2n) is 8.83. The minimum atomic E-state index is -0.304. The van der Waals surface area contributed by atoms with Crippen molar-refractivity contribution in [1.29, 1.82) is 0 Å². The molecule has 1 aliphatic heterocycles. The number of benzene rings is 2. The van der Waals surface area contributed by atoms with Crippen molar-refractivity contribution in [3.05, 3.63) is 66.0 Å². The Hall–Kier alpha value is -2.81. The van der Waals surface area contributed by atoms with Gasteiger partial charge in [0.1, 0.15) is 11.5 Å². The van der Waals surface area contributed by atoms with Crippen LogP contribution in [0.25, 0.3) is 10.8 Å². The molecule has 186 valence electrons. The van der Waals surface area contributed by atoms with Gasteiger partial charge in [-0.1, -0.05) is 25.1 Å². The van der Waals surface area contributed by atoms with Crippen molar-refractivity contribution in [2.24, 2.45) is 0 Å². The summed E-state index contributed by atoms with van der Waals surface area (Å²) in [4.78, 5) is 22.0. The maximum atomic E-state index is 12.6. The number of pyridine rings is 1. The number of fused-ring (bicyclic) bond motifs is 1. The molecule has 0 aliphatic carbocycles. The SMILES string of the molecule is CCC(SCCN1CCN(CCNC(=O)c2cc3cccc(O)c3cc2O)CC1)c1ccccn1. The average Bonchev–Trinajstić information content (AvgIpc) is 2.88. The Morgan fingerprint density at radius 3 is 2.51 bits per heavy atom. The lowest BCUT2D eigenvalue weighted by Crippen LogP contribution is -2.48. The molecule has 1 fully saturated rings. The molecular weight excluding hydrogens is 460 g/mol. The molecule has 2 aromatic carbocycles. The summed E-state index contributed by atoms with van der Waals surface area (Å²) in [5, 5.41) is 24.8. The lowest BCUT2D eigenvalue weighted by Gasteiger charge is -2.34. The number of hydrogen-bond acceptors (Lipinski definition) is 7. The molecule has 0 radical (unpaired) electrons. The number of aromatic nitrogens is 1. The van der Waals surface area contributed by atoms with Gasteiger partial charge < -0.3 is 15.5 Å². The maximum absolute atomic E-state index is 12.6. The van der Waals surface area contributed by atoms with Crippen LogP contribution in [-0.2, 0) is 0 Å². The molecule has 8 heteroatoms. The van der Waals surface area contributed by atoms with Crippen LogP contribution in [0.2, 0.25) is 0 Å². The lowest BCUT2D eigenvalue weighted by atomic mass is 10.0. The van der Waals surface area contributed by atoms with E-state index >= 15 is 0 Å². The van der Waals surface area contributed by atoms with Crippen molar-refractivity contribution in [3.8, 4) is 11.5 Å². The summed E-state index contributed by atoms with van der Waals surface area (Å²) in [5.74, 6) is 0.747. The highest BCUT2D eigenvalue weighted by Gasteiger charge is 2.19. The molecule has 1 unspecified atom stereocenters. The second kappa shape index (κ2) is 12.2. The third-order valence-electron chi connectivity index (χ3n) is 6.51. The van der Waals surface area contributed by atoms with E-state index in [0.717, 1.165) is 51.4 Å². The third-order valence-corrected chi connectivity index (χ3v) is 7.91. The minimum Gasteiger partial charge on any atom is -0.507 e. The Morgan fingerprint density at radius 2 is 1.80 bits per heavy atom. The van der Waals surface area contributed by atoms with Gasteiger partial charge in [0.2, 0.25) is 0 Å². The van der Waals surface area contributed by atoms with E-state index in [2.05, 4.69) is 39.2 Å². The molecule has 1 amide bonds. The van der Waals surface area contributed by atoms with Gasteiger partial charge in [0, 0.05) is 68.4 Å². The van der Waals surface area contributed by atoms with Crippen LogP contribution in [-0.4, -0.2) is 82.5 Å². The molecule has 2 heterocycles. The smallest absolute Gasteiger partial charge is 0.255 e. The van der Waals surface area contributed by atoms with Crippen LogP contribution in [0.1, 0.15) is 34.6 Å². The van der Waals surface area contributed by atoms with Gasteiger partial charge in [-0.05, 0) is 42.1 Å². The van der Waals surface area contributed by atoms with E-state index in [1.54, 1.807) is 18.2 Å². The summed E-state index contributed by atoms with van der Waals surface area (Å²) in [7, 11) is 0. The first kappa shape index (κ1) is 25.3. The van der Waals surface area contributed by atoms with Crippen molar-refractivity contribution in [2.45, 2.75) is 18.6 Å². The van der Waals surface area contributed by atoms with Gasteiger partial charge in [-0.15, -0.1) is 0 Å². The summed E-state index contributed by atoms with van der Waals surface area (Å²) in [6.07, 6.45) is 2.96. The Morgan fingerprint density at radius 1 is 1.03 bits per heavy atom. The Labute approximate surface area is 211 Å². The molecule has 7 nitrogen and oxygen atoms in total. The number of carbonyl (C=O) groups excluding carboxylic acids is 1. The zero-order chi connectivity index (χ0) is 24.6. The van der Waals surface area contributed by atoms with E-state index in [9.17, 15) is 15.0 Å². The molecular formula is C27H34N4O3S. The number of carbonyl (C=O) groups is 1. The largest absolute Gasteiger partial charge is 0.507 e. The Bertz CT molecular complexity index is 1120. The van der Waals surface area contributed by atoms with Gasteiger partial charge in [-0.3, -0.25) is 19.6 Å². The fourth-order valence-corrected chi connectivity index (χ4v) is 5.64. The van der Waals surface area contributed by atoms with Crippen LogP contribution in [0, 0.1) is 0 Å². The van der Waals surface area contributed by atoms with E-state index in [-0.39, 0.29) is 23.0 Å². The van der Waals surface area contributed by atoms with Crippen LogP contribution in [0.4, 0.5) is 0 Å². The standard InChI is InChI=1S/C27H34N4O3S/c1-2-26(23-7-3-4-9-28-23)35-17-16-31-14-12-30(13-15-31)11-10-29-27(34)22-18-20-6-5-8-24(32)21(20)19-25(22)33/h3-9,18-19,26,32-33H,2,10-17H2,1H3,(H,29,34). The van der Waals surface area contributed by atoms with Gasteiger partial charge in [0.15, 0.2) is 0 Å². The highest BCUT2D eigenvalue weighted by atomic mass is 32.2. The van der Waals surface area contributed by atoms with Crippen LogP contribution in [0.15, 0.2) is 54.7 Å². The lowest BCUT2D eigenvalue weighted by molar-refractivity contribution is 0.0935. The van der Waals surface area contributed by atoms with Crippen LogP contribution < -0.4 is 5.32 Å². The van der Waals surface area contributed by atoms with Gasteiger partial charge in [-0.2, -0.15) is 11.8 Å². The maximum Gasteiger partial charge on any atom is 0.255 e. The monoisotopic (exact) mass is 494 g/mol. The van der Waals surface area contributed by atoms with Crippen LogP contribution in [0.5, 0.6) is 11.5 Å². The normalized spacial score (nSPS) is 15.8. The quantitative estimate of drug-likeness (QED) is 0.394. The number of hydrogen-bond donors (Lipinski definition) is 3. The number of thioether (sulfide) groups is 1. The zero-order valence-corrected chi connectivity index (χ0v) is 21.0. The summed E-state index contributed by atoms with van der Waals surface area (Å²) >= 11 is 1.99. The number of rotatable bonds is 10. The first-order valence-corrected chi connectivity index (χ1v) is 13.3. The number of aromatic hydroxyl groups is 2. The predicted molar refractivity (Wildman–Crippen MR) is 142 cm³/mol. The molecule has 35 heavy (non-hydrogen) atoms. The Kier molecular flexibility index (Phi) is 8.84. The molecule has 0 spiro atoms. The average molecular weight is 495 g/mol. The number of nitrogens with zero attached hydrogens (tertiary/aromatic N) is 3. The summed E-state index contributed by atoms with van der Waals surface area (Å²) in [6, 6.07) is 14.3. The number of phenols is 2. The Balaban J connectivity index is 1.16. The molecule has 0 bridgehead atoms. The van der Waals surface area contributed by atoms with Gasteiger partial charge in [0.05, 0.1) is 11.3 Å². The molecule has 1 aliphatic rings. The molecule has 4 rings (SSSR count). The molecule has 3 aromatic rings. The molecule has 3 N–H and O–H groups in total. The van der Waals surface area contributed by atoms with Crippen molar-refractivity contribution in [3.63, 3.8) is 0 Å². The van der Waals surface area contributed by atoms with E-state index in [1.807, 2.05) is 30.1 Å². The fraction of sp³-hybridized carbons (Fsp3) is 0.407. The highest BCUT2D eigenvalue weighted by molar-refractivity contribution is 7.99. The van der Waals surface area contributed by atoms with Crippen LogP contribution in [0.3, 0.4) is 0 Å². The zero-order valence-electron chi connectivity index (χ0n) is 20.2. The van der Waals surface area contributed by atoms with Crippen LogP contribution >= 0.6 is 11.8 Å². The summed E-state index contributed by atoms with van der Waals surface area (Å²) < 4.78 is 0. The number of amides is 1. The van der Waals surface area contributed by atoms with Gasteiger partial charge >= 0.3 is 0 Å². The predicted octanol–water partition coefficient (Wildman–Crippen LogP) is 3.88. The highest BCUT2D eigenvalue weighted by Crippen LogP contribution is 2.31. The first-order valence-electron chi connectivity index (χ1n) is 12.2. The molecule has 0 saturated carbocycles. The van der Waals surface area contributed by atoms with Gasteiger partial charge in [0.25, 0.3) is 5.91 Å². The van der Waals surface area contributed by atoms with Crippen molar-refractivity contribution < 1.29 is 15.0 Å².